The fourth-order valence-electron chi connectivity index (χ4n) is 6.16. The summed E-state index contributed by atoms with van der Waals surface area (Å²) in [7, 11) is 3.12. The van der Waals surface area contributed by atoms with Crippen LogP contribution in [0.2, 0.25) is 0 Å². The minimum absolute atomic E-state index is 0.103. The average molecular weight is 677 g/mol. The van der Waals surface area contributed by atoms with Gasteiger partial charge in [-0.25, -0.2) is 0 Å². The van der Waals surface area contributed by atoms with E-state index in [1.165, 1.54) is 0 Å². The van der Waals surface area contributed by atoms with Gasteiger partial charge < -0.3 is 38.3 Å². The van der Waals surface area contributed by atoms with Crippen molar-refractivity contribution >= 4 is 0 Å². The lowest BCUT2D eigenvalue weighted by Gasteiger charge is -2.50. The van der Waals surface area contributed by atoms with E-state index in [2.05, 4.69) is 0 Å². The summed E-state index contributed by atoms with van der Waals surface area (Å²) in [4.78, 5) is 0. The molecule has 260 valence electrons. The molecule has 1 aliphatic rings. The molecule has 1 fully saturated rings. The highest BCUT2D eigenvalue weighted by Crippen LogP contribution is 2.45. The number of ether oxygens (including phenoxy) is 7. The van der Waals surface area contributed by atoms with Gasteiger partial charge in [-0.2, -0.15) is 0 Å². The van der Waals surface area contributed by atoms with Gasteiger partial charge in [0.15, 0.2) is 0 Å². The van der Waals surface area contributed by atoms with E-state index in [1.807, 2.05) is 121 Å². The molecule has 0 radical (unpaired) electrons. The van der Waals surface area contributed by atoms with Crippen LogP contribution in [-0.2, 0) is 55.9 Å². The van der Waals surface area contributed by atoms with Gasteiger partial charge in [0.05, 0.1) is 52.8 Å². The van der Waals surface area contributed by atoms with Crippen LogP contribution in [0.3, 0.4) is 0 Å². The Kier molecular flexibility index (Phi) is 12.3. The highest BCUT2D eigenvalue weighted by atomic mass is 16.7. The minimum Gasteiger partial charge on any atom is -0.497 e. The first-order valence-corrected chi connectivity index (χ1v) is 16.8. The Morgan fingerprint density at radius 2 is 1.04 bits per heavy atom. The average Bonchev–Trinajstić information content (AvgIpc) is 3.17. The number of hydrogen-bond donors (Lipinski definition) is 1. The first-order chi connectivity index (χ1) is 24.6. The van der Waals surface area contributed by atoms with Crippen LogP contribution in [0.25, 0.3) is 0 Å². The lowest BCUT2D eigenvalue weighted by molar-refractivity contribution is -0.379. The summed E-state index contributed by atoms with van der Waals surface area (Å²) in [5.41, 5.74) is 4.25. The normalized spacial score (nSPS) is 21.8. The van der Waals surface area contributed by atoms with Crippen molar-refractivity contribution in [1.29, 1.82) is 0 Å². The van der Waals surface area contributed by atoms with Gasteiger partial charge >= 0.3 is 0 Å². The molecule has 0 spiro atoms. The van der Waals surface area contributed by atoms with Crippen LogP contribution >= 0.6 is 0 Å². The Labute approximate surface area is 294 Å². The van der Waals surface area contributed by atoms with Crippen LogP contribution in [0.15, 0.2) is 140 Å². The lowest BCUT2D eigenvalue weighted by Crippen LogP contribution is -2.65. The smallest absolute Gasteiger partial charge is 0.226 e. The highest BCUT2D eigenvalue weighted by molar-refractivity contribution is 5.44. The predicted octanol–water partition coefficient (Wildman–Crippen LogP) is 7.22. The zero-order valence-electron chi connectivity index (χ0n) is 28.4. The fourth-order valence-corrected chi connectivity index (χ4v) is 6.16. The Morgan fingerprint density at radius 3 is 1.54 bits per heavy atom. The molecule has 5 aromatic carbocycles. The number of benzene rings is 5. The molecular formula is C42H44O8. The van der Waals surface area contributed by atoms with Crippen molar-refractivity contribution in [3.05, 3.63) is 167 Å². The molecule has 0 amide bonds. The molecular weight excluding hydrogens is 632 g/mol. The second-order valence-electron chi connectivity index (χ2n) is 12.2. The van der Waals surface area contributed by atoms with Crippen LogP contribution in [0.4, 0.5) is 0 Å². The molecule has 0 bridgehead atoms. The highest BCUT2D eigenvalue weighted by Gasteiger charge is 2.58. The third kappa shape index (κ3) is 8.78. The van der Waals surface area contributed by atoms with Gasteiger partial charge in [0.25, 0.3) is 0 Å². The molecule has 50 heavy (non-hydrogen) atoms. The summed E-state index contributed by atoms with van der Waals surface area (Å²) in [6.07, 6.45) is -3.38. The van der Waals surface area contributed by atoms with Crippen molar-refractivity contribution in [2.75, 3.05) is 20.8 Å². The van der Waals surface area contributed by atoms with E-state index in [0.717, 1.165) is 22.3 Å². The SMILES string of the molecule is COc1ccc([C@]2(O)O[C@H](COCc3ccccc3)[C@@H](OCc3ccccc3)[C@H](OCc3ccccc3)[C@H]2OCc2ccccc2)c(OC)c1. The molecule has 1 N–H and O–H groups in total. The number of rotatable bonds is 16. The summed E-state index contributed by atoms with van der Waals surface area (Å²) in [5.74, 6) is -1.12. The minimum atomic E-state index is -2.05. The van der Waals surface area contributed by atoms with Gasteiger partial charge in [0.1, 0.15) is 35.9 Å². The number of hydrogen-bond acceptors (Lipinski definition) is 8. The zero-order chi connectivity index (χ0) is 34.6. The molecule has 0 aliphatic carbocycles. The molecule has 1 aliphatic heterocycles. The first kappa shape index (κ1) is 35.3. The Morgan fingerprint density at radius 1 is 0.560 bits per heavy atom. The summed E-state index contributed by atoms with van der Waals surface area (Å²) >= 11 is 0. The van der Waals surface area contributed by atoms with E-state index in [0.29, 0.717) is 23.7 Å². The summed E-state index contributed by atoms with van der Waals surface area (Å²) < 4.78 is 44.5. The molecule has 0 aromatic heterocycles. The van der Waals surface area contributed by atoms with Crippen LogP contribution < -0.4 is 9.47 Å². The van der Waals surface area contributed by atoms with E-state index in [9.17, 15) is 5.11 Å². The maximum absolute atomic E-state index is 13.0. The molecule has 6 rings (SSSR count). The third-order valence-electron chi connectivity index (χ3n) is 8.74. The molecule has 8 nitrogen and oxygen atoms in total. The van der Waals surface area contributed by atoms with E-state index >= 15 is 0 Å². The van der Waals surface area contributed by atoms with Gasteiger partial charge in [0.2, 0.25) is 5.79 Å². The van der Waals surface area contributed by atoms with Gasteiger partial charge in [-0.3, -0.25) is 0 Å². The van der Waals surface area contributed by atoms with Gasteiger partial charge in [0, 0.05) is 6.07 Å². The number of methoxy groups -OCH3 is 2. The lowest BCUT2D eigenvalue weighted by atomic mass is 9.86. The topological polar surface area (TPSA) is 84.8 Å². The Hall–Kier alpha value is -4.54. The van der Waals surface area contributed by atoms with Crippen LogP contribution in [-0.4, -0.2) is 50.3 Å². The van der Waals surface area contributed by atoms with Crippen molar-refractivity contribution in [3.63, 3.8) is 0 Å². The second-order valence-corrected chi connectivity index (χ2v) is 12.2. The Bertz CT molecular complexity index is 1720. The van der Waals surface area contributed by atoms with E-state index in [1.54, 1.807) is 32.4 Å². The molecule has 8 heteroatoms. The largest absolute Gasteiger partial charge is 0.497 e. The first-order valence-electron chi connectivity index (χ1n) is 16.8. The number of aliphatic hydroxyl groups is 1. The molecule has 0 saturated carbocycles. The zero-order valence-corrected chi connectivity index (χ0v) is 28.4. The molecule has 5 aromatic rings. The van der Waals surface area contributed by atoms with Crippen molar-refractivity contribution < 1.29 is 38.3 Å². The molecule has 1 saturated heterocycles. The van der Waals surface area contributed by atoms with Crippen LogP contribution in [0.5, 0.6) is 11.5 Å². The van der Waals surface area contributed by atoms with Crippen molar-refractivity contribution in [2.24, 2.45) is 0 Å². The quantitative estimate of drug-likeness (QED) is 0.117. The van der Waals surface area contributed by atoms with Gasteiger partial charge in [-0.1, -0.05) is 121 Å². The maximum atomic E-state index is 13.0. The fraction of sp³-hybridized carbons (Fsp3) is 0.286. The second kappa shape index (κ2) is 17.4. The summed E-state index contributed by atoms with van der Waals surface area (Å²) in [5, 5.41) is 13.0. The molecule has 1 heterocycles. The predicted molar refractivity (Wildman–Crippen MR) is 189 cm³/mol. The van der Waals surface area contributed by atoms with Crippen molar-refractivity contribution in [1.82, 2.24) is 0 Å². The monoisotopic (exact) mass is 676 g/mol. The van der Waals surface area contributed by atoms with Gasteiger partial charge in [-0.05, 0) is 34.4 Å². The van der Waals surface area contributed by atoms with Gasteiger partial charge in [-0.15, -0.1) is 0 Å². The van der Waals surface area contributed by atoms with E-state index < -0.39 is 30.2 Å². The van der Waals surface area contributed by atoms with Crippen LogP contribution in [0.1, 0.15) is 27.8 Å². The summed E-state index contributed by atoms with van der Waals surface area (Å²) in [6, 6.07) is 44.7. The van der Waals surface area contributed by atoms with E-state index in [4.69, 9.17) is 33.2 Å². The van der Waals surface area contributed by atoms with Crippen molar-refractivity contribution in [3.8, 4) is 11.5 Å². The third-order valence-corrected chi connectivity index (χ3v) is 8.74. The molecule has 5 atom stereocenters. The summed E-state index contributed by atoms with van der Waals surface area (Å²) in [6.45, 7) is 1.16. The standard InChI is InChI=1S/C42H44O8/c1-44-35-23-24-36(37(25-35)45-2)42(43)41(49-29-34-21-13-6-14-22-34)40(48-28-33-19-11-5-12-20-33)39(47-27-32-17-9-4-10-18-32)38(50-42)30-46-26-31-15-7-3-8-16-31/h3-25,38-41,43H,26-30H2,1-2H3/t38-,39-,40+,41-,42+/m1/s1. The van der Waals surface area contributed by atoms with Crippen LogP contribution in [0, 0.1) is 0 Å². The molecule has 0 unspecified atom stereocenters. The Balaban J connectivity index is 1.42. The maximum Gasteiger partial charge on any atom is 0.226 e. The van der Waals surface area contributed by atoms with Crippen molar-refractivity contribution in [2.45, 2.75) is 56.6 Å². The van der Waals surface area contributed by atoms with E-state index in [-0.39, 0.29) is 26.4 Å².